The molecule has 1 fully saturated rings. The second-order valence-electron chi connectivity index (χ2n) is 3.80. The van der Waals surface area contributed by atoms with Crippen LogP contribution in [0.1, 0.15) is 19.3 Å². The number of nitrogens with zero attached hydrogens (tertiary/aromatic N) is 3. The molecule has 0 amide bonds. The molecule has 1 aromatic rings. The van der Waals surface area contributed by atoms with Gasteiger partial charge in [0.15, 0.2) is 8.68 Å². The molecule has 0 aliphatic heterocycles. The molecule has 4 nitrogen and oxygen atoms in total. The standard InChI is InChI=1S/C10H14N4S3/c1-15-9-13-14-10(17-9)16-5-4-8(6-11)12-7-2-3-7/h7-8,12H,2-5H2,1H3. The predicted molar refractivity (Wildman–Crippen MR) is 72.6 cm³/mol. The van der Waals surface area contributed by atoms with Gasteiger partial charge in [0, 0.05) is 11.8 Å². The average molecular weight is 286 g/mol. The highest BCUT2D eigenvalue weighted by molar-refractivity contribution is 8.02. The molecule has 0 radical (unpaired) electrons. The zero-order valence-corrected chi connectivity index (χ0v) is 12.0. The average Bonchev–Trinajstić information content (AvgIpc) is 3.04. The maximum absolute atomic E-state index is 8.99. The third kappa shape index (κ3) is 4.47. The molecule has 92 valence electrons. The number of nitrogens with one attached hydrogen (secondary N) is 1. The molecule has 0 saturated heterocycles. The number of nitriles is 1. The Morgan fingerprint density at radius 2 is 2.29 bits per heavy atom. The van der Waals surface area contributed by atoms with E-state index in [-0.39, 0.29) is 6.04 Å². The van der Waals surface area contributed by atoms with Gasteiger partial charge in [-0.3, -0.25) is 5.32 Å². The van der Waals surface area contributed by atoms with Crippen molar-refractivity contribution in [2.45, 2.75) is 40.0 Å². The summed E-state index contributed by atoms with van der Waals surface area (Å²) in [6.45, 7) is 0. The van der Waals surface area contributed by atoms with E-state index in [4.69, 9.17) is 5.26 Å². The van der Waals surface area contributed by atoms with Crippen LogP contribution in [0.3, 0.4) is 0 Å². The molecule has 1 N–H and O–H groups in total. The summed E-state index contributed by atoms with van der Waals surface area (Å²) in [7, 11) is 0. The Morgan fingerprint density at radius 1 is 1.53 bits per heavy atom. The predicted octanol–water partition coefficient (Wildman–Crippen LogP) is 2.39. The molecule has 1 atom stereocenters. The molecule has 1 aliphatic rings. The monoisotopic (exact) mass is 286 g/mol. The lowest BCUT2D eigenvalue weighted by atomic mass is 10.2. The van der Waals surface area contributed by atoms with E-state index < -0.39 is 0 Å². The van der Waals surface area contributed by atoms with Crippen LogP contribution in [0.5, 0.6) is 0 Å². The molecule has 17 heavy (non-hydrogen) atoms. The number of hydrogen-bond acceptors (Lipinski definition) is 7. The van der Waals surface area contributed by atoms with E-state index in [1.165, 1.54) is 12.8 Å². The summed E-state index contributed by atoms with van der Waals surface area (Å²) >= 11 is 4.92. The van der Waals surface area contributed by atoms with Gasteiger partial charge in [-0.25, -0.2) is 0 Å². The van der Waals surface area contributed by atoms with Crippen molar-refractivity contribution in [1.82, 2.24) is 15.5 Å². The fourth-order valence-electron chi connectivity index (χ4n) is 1.32. The van der Waals surface area contributed by atoms with E-state index in [2.05, 4.69) is 21.6 Å². The highest BCUT2D eigenvalue weighted by Crippen LogP contribution is 2.28. The van der Waals surface area contributed by atoms with Crippen molar-refractivity contribution in [1.29, 1.82) is 5.26 Å². The molecule has 0 spiro atoms. The van der Waals surface area contributed by atoms with Crippen LogP contribution in [0.15, 0.2) is 8.68 Å². The van der Waals surface area contributed by atoms with Crippen LogP contribution in [0.4, 0.5) is 0 Å². The summed E-state index contributed by atoms with van der Waals surface area (Å²) in [5, 5.41) is 20.5. The summed E-state index contributed by atoms with van der Waals surface area (Å²) < 4.78 is 2.00. The van der Waals surface area contributed by atoms with Crippen molar-refractivity contribution in [3.05, 3.63) is 0 Å². The van der Waals surface area contributed by atoms with Crippen LogP contribution < -0.4 is 5.32 Å². The summed E-state index contributed by atoms with van der Waals surface area (Å²) in [6.07, 6.45) is 5.31. The maximum Gasteiger partial charge on any atom is 0.175 e. The number of thioether (sulfide) groups is 2. The van der Waals surface area contributed by atoms with Gasteiger partial charge in [0.25, 0.3) is 0 Å². The maximum atomic E-state index is 8.99. The van der Waals surface area contributed by atoms with Crippen LogP contribution in [-0.2, 0) is 0 Å². The van der Waals surface area contributed by atoms with Gasteiger partial charge in [0.1, 0.15) is 0 Å². The normalized spacial score (nSPS) is 16.7. The number of rotatable bonds is 7. The van der Waals surface area contributed by atoms with Crippen LogP contribution in [-0.4, -0.2) is 34.3 Å². The molecular weight excluding hydrogens is 272 g/mol. The van der Waals surface area contributed by atoms with Gasteiger partial charge in [-0.1, -0.05) is 34.9 Å². The van der Waals surface area contributed by atoms with Crippen molar-refractivity contribution in [3.8, 4) is 6.07 Å². The molecule has 1 aromatic heterocycles. The van der Waals surface area contributed by atoms with E-state index in [0.29, 0.717) is 6.04 Å². The van der Waals surface area contributed by atoms with Gasteiger partial charge >= 0.3 is 0 Å². The van der Waals surface area contributed by atoms with Gasteiger partial charge in [0.05, 0.1) is 12.1 Å². The lowest BCUT2D eigenvalue weighted by molar-refractivity contribution is 0.587. The van der Waals surface area contributed by atoms with Crippen LogP contribution in [0.25, 0.3) is 0 Å². The van der Waals surface area contributed by atoms with E-state index in [9.17, 15) is 0 Å². The topological polar surface area (TPSA) is 61.6 Å². The summed E-state index contributed by atoms with van der Waals surface area (Å²) in [5.74, 6) is 0.918. The van der Waals surface area contributed by atoms with Crippen molar-refractivity contribution >= 4 is 34.9 Å². The zero-order valence-electron chi connectivity index (χ0n) is 9.55. The van der Waals surface area contributed by atoms with E-state index >= 15 is 0 Å². The Bertz CT molecular complexity index is 397. The Kier molecular flexibility index (Phi) is 5.10. The minimum atomic E-state index is -0.0112. The molecule has 1 aliphatic carbocycles. The number of aromatic nitrogens is 2. The van der Waals surface area contributed by atoms with Crippen LogP contribution in [0.2, 0.25) is 0 Å². The molecule has 1 heterocycles. The first-order chi connectivity index (χ1) is 8.31. The van der Waals surface area contributed by atoms with Crippen molar-refractivity contribution in [3.63, 3.8) is 0 Å². The molecule has 0 bridgehead atoms. The van der Waals surface area contributed by atoms with Gasteiger partial charge in [-0.05, 0) is 25.5 Å². The van der Waals surface area contributed by atoms with E-state index in [0.717, 1.165) is 20.9 Å². The van der Waals surface area contributed by atoms with Gasteiger partial charge in [-0.2, -0.15) is 5.26 Å². The third-order valence-electron chi connectivity index (χ3n) is 2.36. The van der Waals surface area contributed by atoms with Crippen molar-refractivity contribution in [2.75, 3.05) is 12.0 Å². The minimum Gasteiger partial charge on any atom is -0.299 e. The number of hydrogen-bond donors (Lipinski definition) is 1. The first-order valence-corrected chi connectivity index (χ1v) is 8.50. The zero-order chi connectivity index (χ0) is 12.1. The highest BCUT2D eigenvalue weighted by atomic mass is 32.2. The Labute approximate surface area is 114 Å². The largest absolute Gasteiger partial charge is 0.299 e. The SMILES string of the molecule is CSc1nnc(SCCC(C#N)NC2CC2)s1. The quantitative estimate of drug-likeness (QED) is 0.777. The van der Waals surface area contributed by atoms with Gasteiger partial charge < -0.3 is 0 Å². The lowest BCUT2D eigenvalue weighted by Crippen LogP contribution is -2.29. The fraction of sp³-hybridized carbons (Fsp3) is 0.700. The van der Waals surface area contributed by atoms with Crippen molar-refractivity contribution in [2.24, 2.45) is 0 Å². The smallest absolute Gasteiger partial charge is 0.175 e. The first-order valence-electron chi connectivity index (χ1n) is 5.48. The van der Waals surface area contributed by atoms with E-state index in [1.807, 2.05) is 6.26 Å². The Balaban J connectivity index is 1.68. The van der Waals surface area contributed by atoms with E-state index in [1.54, 1.807) is 34.9 Å². The van der Waals surface area contributed by atoms with Crippen LogP contribution in [0, 0.1) is 11.3 Å². The molecule has 2 rings (SSSR count). The Morgan fingerprint density at radius 3 is 2.88 bits per heavy atom. The first kappa shape index (κ1) is 13.1. The lowest BCUT2D eigenvalue weighted by Gasteiger charge is -2.08. The second-order valence-corrected chi connectivity index (χ2v) is 7.17. The van der Waals surface area contributed by atoms with Crippen molar-refractivity contribution < 1.29 is 0 Å². The van der Waals surface area contributed by atoms with Gasteiger partial charge in [0.2, 0.25) is 0 Å². The van der Waals surface area contributed by atoms with Gasteiger partial charge in [-0.15, -0.1) is 10.2 Å². The molecule has 0 aromatic carbocycles. The van der Waals surface area contributed by atoms with Crippen LogP contribution >= 0.6 is 34.9 Å². The molecule has 7 heteroatoms. The fourth-order valence-corrected chi connectivity index (χ4v) is 3.83. The molecular formula is C10H14N4S3. The minimum absolute atomic E-state index is 0.0112. The second kappa shape index (κ2) is 6.59. The summed E-state index contributed by atoms with van der Waals surface area (Å²) in [6, 6.07) is 2.90. The third-order valence-corrected chi connectivity index (χ3v) is 5.43. The molecule has 1 unspecified atom stereocenters. The Hall–Kier alpha value is -0.290. The molecule has 1 saturated carbocycles. The summed E-state index contributed by atoms with van der Waals surface area (Å²) in [4.78, 5) is 0. The summed E-state index contributed by atoms with van der Waals surface area (Å²) in [5.41, 5.74) is 0. The highest BCUT2D eigenvalue weighted by Gasteiger charge is 2.24.